The molecule has 1 aromatic rings. The summed E-state index contributed by atoms with van der Waals surface area (Å²) in [4.78, 5) is 8.00. The van der Waals surface area contributed by atoms with Gasteiger partial charge in [-0.15, -0.1) is 0 Å². The summed E-state index contributed by atoms with van der Waals surface area (Å²) in [6.45, 7) is 12.0. The average Bonchev–Trinajstić information content (AvgIpc) is 3.21. The summed E-state index contributed by atoms with van der Waals surface area (Å²) in [5.74, 6) is 0.756. The molecule has 1 atom stereocenters. The van der Waals surface area contributed by atoms with E-state index in [1.165, 1.54) is 76.9 Å². The first-order valence-electron chi connectivity index (χ1n) is 12.1. The van der Waals surface area contributed by atoms with Crippen LogP contribution in [-0.2, 0) is 12.8 Å². The molecule has 1 N–H and O–H groups in total. The molecule has 29 heavy (non-hydrogen) atoms. The molecule has 2 heterocycles. The monoisotopic (exact) mass is 399 g/mol. The fraction of sp³-hybridized carbons (Fsp3) is 0.760. The summed E-state index contributed by atoms with van der Waals surface area (Å²) in [5.41, 5.74) is 4.61. The number of benzene rings is 1. The lowest BCUT2D eigenvalue weighted by molar-refractivity contribution is 0.0277. The Hall–Kier alpha value is -1.10. The Kier molecular flexibility index (Phi) is 7.15. The molecule has 0 spiro atoms. The molecule has 4 nitrogen and oxygen atoms in total. The summed E-state index contributed by atoms with van der Waals surface area (Å²) in [6, 6.07) is 8.44. The molecule has 0 radical (unpaired) electrons. The van der Waals surface area contributed by atoms with E-state index in [0.717, 1.165) is 18.9 Å². The van der Waals surface area contributed by atoms with E-state index in [-0.39, 0.29) is 0 Å². The average molecular weight is 400 g/mol. The van der Waals surface area contributed by atoms with Gasteiger partial charge in [0, 0.05) is 57.1 Å². The van der Waals surface area contributed by atoms with Gasteiger partial charge in [0.05, 0.1) is 0 Å². The smallest absolute Gasteiger partial charge is 0.0446 e. The highest BCUT2D eigenvalue weighted by Gasteiger charge is 2.32. The van der Waals surface area contributed by atoms with E-state index in [9.17, 15) is 5.11 Å². The summed E-state index contributed by atoms with van der Waals surface area (Å²) in [6.07, 6.45) is 8.61. The Morgan fingerprint density at radius 3 is 2.59 bits per heavy atom. The van der Waals surface area contributed by atoms with Gasteiger partial charge in [-0.1, -0.05) is 19.9 Å². The van der Waals surface area contributed by atoms with Gasteiger partial charge in [-0.25, -0.2) is 0 Å². The predicted octanol–water partition coefficient (Wildman–Crippen LogP) is 3.56. The van der Waals surface area contributed by atoms with Crippen LogP contribution in [0.5, 0.6) is 0 Å². The van der Waals surface area contributed by atoms with Crippen LogP contribution >= 0.6 is 0 Å². The molecule has 2 saturated heterocycles. The maximum atomic E-state index is 9.59. The number of fused-ring (bicyclic) bond motifs is 1. The lowest BCUT2D eigenvalue weighted by atomic mass is 9.98. The molecule has 2 aliphatic heterocycles. The van der Waals surface area contributed by atoms with E-state index in [2.05, 4.69) is 46.7 Å². The van der Waals surface area contributed by atoms with Crippen LogP contribution in [0.15, 0.2) is 18.2 Å². The quantitative estimate of drug-likeness (QED) is 0.759. The molecular formula is C25H41N3O. The van der Waals surface area contributed by atoms with Crippen molar-refractivity contribution >= 4 is 5.69 Å². The number of hydrogen-bond donors (Lipinski definition) is 1. The van der Waals surface area contributed by atoms with Crippen LogP contribution in [-0.4, -0.2) is 72.9 Å². The van der Waals surface area contributed by atoms with Crippen molar-refractivity contribution < 1.29 is 5.11 Å². The molecule has 2 fully saturated rings. The second kappa shape index (κ2) is 9.80. The van der Waals surface area contributed by atoms with Crippen molar-refractivity contribution in [2.45, 2.75) is 70.9 Å². The number of aliphatic hydroxyl groups excluding tert-OH is 1. The van der Waals surface area contributed by atoms with Crippen LogP contribution in [0, 0.1) is 5.92 Å². The molecule has 0 saturated carbocycles. The van der Waals surface area contributed by atoms with E-state index in [0.29, 0.717) is 18.7 Å². The number of aliphatic hydroxyl groups is 1. The second-order valence-corrected chi connectivity index (χ2v) is 9.90. The lowest BCUT2D eigenvalue weighted by Crippen LogP contribution is -2.58. The molecular weight excluding hydrogens is 358 g/mol. The van der Waals surface area contributed by atoms with E-state index in [1.807, 2.05) is 0 Å². The molecule has 4 heteroatoms. The Bertz CT molecular complexity index is 653. The standard InChI is InChI=1S/C25H41N3O/c1-20(2)8-12-27-15-16-28(19-25(27)11-17-29)23-9-13-26(14-10-23)24-7-6-21-4-3-5-22(21)18-24/h6-7,18,20,23,25,29H,3-5,8-17,19H2,1-2H3/t25-/m1/s1. The highest BCUT2D eigenvalue weighted by Crippen LogP contribution is 2.30. The van der Waals surface area contributed by atoms with Gasteiger partial charge in [-0.2, -0.15) is 0 Å². The van der Waals surface area contributed by atoms with Crippen LogP contribution in [0.1, 0.15) is 57.1 Å². The fourth-order valence-electron chi connectivity index (χ4n) is 5.63. The van der Waals surface area contributed by atoms with Gasteiger partial charge in [0.25, 0.3) is 0 Å². The number of aryl methyl sites for hydroxylation is 2. The first kappa shape index (κ1) is 21.1. The van der Waals surface area contributed by atoms with Gasteiger partial charge in [-0.05, 0) is 80.7 Å². The lowest BCUT2D eigenvalue weighted by Gasteiger charge is -2.47. The fourth-order valence-corrected chi connectivity index (χ4v) is 5.63. The van der Waals surface area contributed by atoms with Gasteiger partial charge in [0.15, 0.2) is 0 Å². The largest absolute Gasteiger partial charge is 0.396 e. The Balaban J connectivity index is 1.30. The van der Waals surface area contributed by atoms with Crippen LogP contribution in [0.2, 0.25) is 0 Å². The Labute approximate surface area is 177 Å². The van der Waals surface area contributed by atoms with Gasteiger partial charge < -0.3 is 10.0 Å². The summed E-state index contributed by atoms with van der Waals surface area (Å²) in [7, 11) is 0. The molecule has 0 amide bonds. The molecule has 162 valence electrons. The number of anilines is 1. The topological polar surface area (TPSA) is 30.0 Å². The van der Waals surface area contributed by atoms with E-state index < -0.39 is 0 Å². The summed E-state index contributed by atoms with van der Waals surface area (Å²) in [5, 5.41) is 9.59. The maximum absolute atomic E-state index is 9.59. The molecule has 3 aliphatic rings. The molecule has 1 aromatic carbocycles. The van der Waals surface area contributed by atoms with E-state index in [1.54, 1.807) is 11.1 Å². The van der Waals surface area contributed by atoms with Crippen molar-refractivity contribution in [3.8, 4) is 0 Å². The zero-order valence-electron chi connectivity index (χ0n) is 18.7. The third-order valence-corrected chi connectivity index (χ3v) is 7.52. The minimum absolute atomic E-state index is 0.313. The molecule has 0 aromatic heterocycles. The van der Waals surface area contributed by atoms with Crippen molar-refractivity contribution in [1.82, 2.24) is 9.80 Å². The predicted molar refractivity (Wildman–Crippen MR) is 122 cm³/mol. The van der Waals surface area contributed by atoms with Crippen molar-refractivity contribution in [3.05, 3.63) is 29.3 Å². The zero-order valence-corrected chi connectivity index (χ0v) is 18.7. The van der Waals surface area contributed by atoms with E-state index >= 15 is 0 Å². The number of hydrogen-bond acceptors (Lipinski definition) is 4. The Morgan fingerprint density at radius 1 is 1.03 bits per heavy atom. The highest BCUT2D eigenvalue weighted by atomic mass is 16.3. The summed E-state index contributed by atoms with van der Waals surface area (Å²) >= 11 is 0. The third kappa shape index (κ3) is 5.15. The van der Waals surface area contributed by atoms with E-state index in [4.69, 9.17) is 0 Å². The van der Waals surface area contributed by atoms with Crippen molar-refractivity contribution in [2.75, 3.05) is 50.8 Å². The zero-order chi connectivity index (χ0) is 20.2. The van der Waals surface area contributed by atoms with Crippen molar-refractivity contribution in [2.24, 2.45) is 5.92 Å². The van der Waals surface area contributed by atoms with Crippen LogP contribution in [0.3, 0.4) is 0 Å². The van der Waals surface area contributed by atoms with Crippen molar-refractivity contribution in [3.63, 3.8) is 0 Å². The number of piperidine rings is 1. The molecule has 0 unspecified atom stereocenters. The minimum atomic E-state index is 0.313. The van der Waals surface area contributed by atoms with Gasteiger partial charge in [0.2, 0.25) is 0 Å². The number of rotatable bonds is 7. The van der Waals surface area contributed by atoms with Crippen LogP contribution in [0.25, 0.3) is 0 Å². The Morgan fingerprint density at radius 2 is 1.83 bits per heavy atom. The molecule has 0 bridgehead atoms. The normalized spacial score (nSPS) is 24.4. The number of nitrogens with zero attached hydrogens (tertiary/aromatic N) is 3. The van der Waals surface area contributed by atoms with Gasteiger partial charge in [-0.3, -0.25) is 9.80 Å². The molecule has 1 aliphatic carbocycles. The van der Waals surface area contributed by atoms with Gasteiger partial charge in [0.1, 0.15) is 0 Å². The third-order valence-electron chi connectivity index (χ3n) is 7.52. The molecule has 4 rings (SSSR count). The first-order chi connectivity index (χ1) is 14.1. The van der Waals surface area contributed by atoms with Crippen LogP contribution in [0.4, 0.5) is 5.69 Å². The van der Waals surface area contributed by atoms with Crippen molar-refractivity contribution in [1.29, 1.82) is 0 Å². The summed E-state index contributed by atoms with van der Waals surface area (Å²) < 4.78 is 0. The minimum Gasteiger partial charge on any atom is -0.396 e. The highest BCUT2D eigenvalue weighted by molar-refractivity contribution is 5.52. The first-order valence-corrected chi connectivity index (χ1v) is 12.1. The number of piperazine rings is 1. The maximum Gasteiger partial charge on any atom is 0.0446 e. The second-order valence-electron chi connectivity index (χ2n) is 9.90. The SMILES string of the molecule is CC(C)CCN1CCN(C2CCN(c3ccc4c(c3)CCC4)CC2)C[C@H]1CCO. The van der Waals surface area contributed by atoms with Gasteiger partial charge >= 0.3 is 0 Å². The van der Waals surface area contributed by atoms with Crippen LogP contribution < -0.4 is 4.90 Å².